The molecule has 0 radical (unpaired) electrons. The topological polar surface area (TPSA) is 44.0 Å². The van der Waals surface area contributed by atoms with E-state index in [9.17, 15) is 10.4 Å². The number of aliphatic hydroxyl groups excluding tert-OH is 1. The lowest BCUT2D eigenvalue weighted by Crippen LogP contribution is -2.43. The van der Waals surface area contributed by atoms with Gasteiger partial charge in [-0.05, 0) is 37.0 Å². The van der Waals surface area contributed by atoms with Crippen molar-refractivity contribution in [2.75, 3.05) is 0 Å². The van der Waals surface area contributed by atoms with Crippen LogP contribution in [0.3, 0.4) is 0 Å². The van der Waals surface area contributed by atoms with Crippen LogP contribution in [-0.4, -0.2) is 11.2 Å². The Labute approximate surface area is 98.7 Å². The number of fused-ring (bicyclic) bond motifs is 2. The SMILES string of the molecule is CCC(CC)C(O)C1(C#N)CC2CCC1C2. The Balaban J connectivity index is 2.19. The monoisotopic (exact) mass is 221 g/mol. The van der Waals surface area contributed by atoms with E-state index in [-0.39, 0.29) is 0 Å². The van der Waals surface area contributed by atoms with Crippen LogP contribution in [-0.2, 0) is 0 Å². The molecule has 0 aromatic rings. The van der Waals surface area contributed by atoms with Crippen molar-refractivity contribution >= 4 is 0 Å². The molecule has 0 aliphatic heterocycles. The first kappa shape index (κ1) is 11.9. The Bertz CT molecular complexity index is 292. The summed E-state index contributed by atoms with van der Waals surface area (Å²) in [5, 5.41) is 20.1. The van der Waals surface area contributed by atoms with E-state index in [0.717, 1.165) is 25.7 Å². The van der Waals surface area contributed by atoms with Crippen LogP contribution in [0, 0.1) is 34.5 Å². The highest BCUT2D eigenvalue weighted by molar-refractivity contribution is 5.15. The number of hydrogen-bond acceptors (Lipinski definition) is 2. The third-order valence-corrected chi connectivity index (χ3v) is 5.13. The standard InChI is InChI=1S/C14H23NO/c1-3-11(4-2)13(16)14(9-15)8-10-5-6-12(14)7-10/h10-13,16H,3-8H2,1-2H3. The van der Waals surface area contributed by atoms with Crippen LogP contribution in [0.1, 0.15) is 52.4 Å². The maximum atomic E-state index is 10.6. The maximum Gasteiger partial charge on any atom is 0.0865 e. The Morgan fingerprint density at radius 1 is 1.38 bits per heavy atom. The third-order valence-electron chi connectivity index (χ3n) is 5.13. The molecule has 2 bridgehead atoms. The summed E-state index contributed by atoms with van der Waals surface area (Å²) in [6, 6.07) is 2.51. The molecule has 90 valence electrons. The summed E-state index contributed by atoms with van der Waals surface area (Å²) >= 11 is 0. The fourth-order valence-corrected chi connectivity index (χ4v) is 4.09. The van der Waals surface area contributed by atoms with Crippen LogP contribution in [0.4, 0.5) is 0 Å². The van der Waals surface area contributed by atoms with Gasteiger partial charge in [0, 0.05) is 0 Å². The van der Waals surface area contributed by atoms with E-state index in [4.69, 9.17) is 0 Å². The molecule has 2 fully saturated rings. The Kier molecular flexibility index (Phi) is 3.26. The Morgan fingerprint density at radius 2 is 2.06 bits per heavy atom. The number of rotatable bonds is 4. The van der Waals surface area contributed by atoms with Crippen LogP contribution in [0.5, 0.6) is 0 Å². The lowest BCUT2D eigenvalue weighted by molar-refractivity contribution is -0.0203. The van der Waals surface area contributed by atoms with Gasteiger partial charge in [0.05, 0.1) is 17.6 Å². The summed E-state index contributed by atoms with van der Waals surface area (Å²) in [7, 11) is 0. The van der Waals surface area contributed by atoms with Gasteiger partial charge in [0.2, 0.25) is 0 Å². The highest BCUT2D eigenvalue weighted by Crippen LogP contribution is 2.58. The van der Waals surface area contributed by atoms with Crippen LogP contribution >= 0.6 is 0 Å². The second kappa shape index (κ2) is 4.37. The van der Waals surface area contributed by atoms with Crippen molar-refractivity contribution in [2.45, 2.75) is 58.5 Å². The molecule has 4 unspecified atom stereocenters. The molecule has 0 amide bonds. The van der Waals surface area contributed by atoms with Gasteiger partial charge in [-0.3, -0.25) is 0 Å². The van der Waals surface area contributed by atoms with E-state index in [1.807, 2.05) is 0 Å². The minimum absolute atomic E-state index is 0.305. The molecule has 0 aromatic heterocycles. The average Bonchev–Trinajstić information content (AvgIpc) is 2.90. The lowest BCUT2D eigenvalue weighted by atomic mass is 9.66. The van der Waals surface area contributed by atoms with E-state index in [1.165, 1.54) is 12.8 Å². The molecule has 0 heterocycles. The van der Waals surface area contributed by atoms with Gasteiger partial charge >= 0.3 is 0 Å². The van der Waals surface area contributed by atoms with Crippen molar-refractivity contribution in [3.63, 3.8) is 0 Å². The molecule has 16 heavy (non-hydrogen) atoms. The second-order valence-electron chi connectivity index (χ2n) is 5.75. The van der Waals surface area contributed by atoms with Gasteiger partial charge in [0.25, 0.3) is 0 Å². The van der Waals surface area contributed by atoms with Crippen molar-refractivity contribution in [3.8, 4) is 6.07 Å². The van der Waals surface area contributed by atoms with Crippen molar-refractivity contribution < 1.29 is 5.11 Å². The molecular formula is C14H23NO. The van der Waals surface area contributed by atoms with Gasteiger partial charge in [-0.25, -0.2) is 0 Å². The Morgan fingerprint density at radius 3 is 2.44 bits per heavy atom. The van der Waals surface area contributed by atoms with E-state index >= 15 is 0 Å². The first-order valence-electron chi connectivity index (χ1n) is 6.77. The second-order valence-corrected chi connectivity index (χ2v) is 5.75. The summed E-state index contributed by atoms with van der Waals surface area (Å²) in [5.74, 6) is 1.49. The molecule has 2 aliphatic carbocycles. The zero-order chi connectivity index (χ0) is 11.8. The number of aliphatic hydroxyl groups is 1. The van der Waals surface area contributed by atoms with E-state index < -0.39 is 11.5 Å². The molecular weight excluding hydrogens is 198 g/mol. The molecule has 4 atom stereocenters. The average molecular weight is 221 g/mol. The molecule has 2 saturated carbocycles. The predicted molar refractivity (Wildman–Crippen MR) is 63.6 cm³/mol. The Hall–Kier alpha value is -0.550. The zero-order valence-electron chi connectivity index (χ0n) is 10.4. The van der Waals surface area contributed by atoms with Crippen LogP contribution in [0.15, 0.2) is 0 Å². The van der Waals surface area contributed by atoms with Crippen LogP contribution in [0.2, 0.25) is 0 Å². The normalized spacial score (nSPS) is 38.9. The summed E-state index contributed by atoms with van der Waals surface area (Å²) < 4.78 is 0. The quantitative estimate of drug-likeness (QED) is 0.792. The highest BCUT2D eigenvalue weighted by atomic mass is 16.3. The summed E-state index contributed by atoms with van der Waals surface area (Å²) in [4.78, 5) is 0. The third kappa shape index (κ3) is 1.57. The first-order chi connectivity index (χ1) is 7.67. The van der Waals surface area contributed by atoms with Gasteiger partial charge in [0.1, 0.15) is 0 Å². The molecule has 0 aromatic carbocycles. The lowest BCUT2D eigenvalue weighted by Gasteiger charge is -2.39. The molecule has 2 rings (SSSR count). The highest BCUT2D eigenvalue weighted by Gasteiger charge is 2.56. The van der Waals surface area contributed by atoms with E-state index in [2.05, 4.69) is 19.9 Å². The van der Waals surface area contributed by atoms with Crippen molar-refractivity contribution in [1.82, 2.24) is 0 Å². The molecule has 0 saturated heterocycles. The van der Waals surface area contributed by atoms with Gasteiger partial charge in [0.15, 0.2) is 0 Å². The number of nitrogens with zero attached hydrogens (tertiary/aromatic N) is 1. The van der Waals surface area contributed by atoms with Gasteiger partial charge in [-0.2, -0.15) is 5.26 Å². The van der Waals surface area contributed by atoms with Gasteiger partial charge in [-0.1, -0.05) is 33.1 Å². The minimum Gasteiger partial charge on any atom is -0.391 e. The van der Waals surface area contributed by atoms with Crippen molar-refractivity contribution in [3.05, 3.63) is 0 Å². The first-order valence-corrected chi connectivity index (χ1v) is 6.77. The summed E-state index contributed by atoms with van der Waals surface area (Å²) in [6.07, 6.45) is 6.15. The molecule has 2 heteroatoms. The number of hydrogen-bond donors (Lipinski definition) is 1. The summed E-state index contributed by atoms with van der Waals surface area (Å²) in [6.45, 7) is 4.24. The van der Waals surface area contributed by atoms with Crippen LogP contribution < -0.4 is 0 Å². The number of nitriles is 1. The van der Waals surface area contributed by atoms with E-state index in [0.29, 0.717) is 17.8 Å². The smallest absolute Gasteiger partial charge is 0.0865 e. The molecule has 2 nitrogen and oxygen atoms in total. The largest absolute Gasteiger partial charge is 0.391 e. The fraction of sp³-hybridized carbons (Fsp3) is 0.929. The predicted octanol–water partition coefficient (Wildman–Crippen LogP) is 3.11. The van der Waals surface area contributed by atoms with Crippen LogP contribution in [0.25, 0.3) is 0 Å². The molecule has 1 N–H and O–H groups in total. The molecule has 0 spiro atoms. The fourth-order valence-electron chi connectivity index (χ4n) is 4.09. The maximum absolute atomic E-state index is 10.6. The van der Waals surface area contributed by atoms with Crippen molar-refractivity contribution in [2.24, 2.45) is 23.2 Å². The van der Waals surface area contributed by atoms with Gasteiger partial charge in [-0.15, -0.1) is 0 Å². The minimum atomic E-state index is -0.403. The zero-order valence-corrected chi connectivity index (χ0v) is 10.4. The molecule has 2 aliphatic rings. The van der Waals surface area contributed by atoms with Crippen molar-refractivity contribution in [1.29, 1.82) is 5.26 Å². The van der Waals surface area contributed by atoms with Gasteiger partial charge < -0.3 is 5.11 Å². The van der Waals surface area contributed by atoms with E-state index in [1.54, 1.807) is 0 Å². The summed E-state index contributed by atoms with van der Waals surface area (Å²) in [5.41, 5.74) is -0.403.